The molecular weight excluding hydrogens is 174 g/mol. The van der Waals surface area contributed by atoms with Crippen LogP contribution in [0.15, 0.2) is 0 Å². The molecule has 0 spiro atoms. The second kappa shape index (κ2) is 4.88. The molecule has 1 saturated heterocycles. The largest absolute Gasteiger partial charge is 0.395 e. The molecule has 0 radical (unpaired) electrons. The van der Waals surface area contributed by atoms with Crippen LogP contribution in [0.25, 0.3) is 0 Å². The van der Waals surface area contributed by atoms with Crippen LogP contribution in [0.3, 0.4) is 0 Å². The second-order valence-corrected chi connectivity index (χ2v) is 3.36. The number of likely N-dealkylation sites (tertiary alicyclic amines) is 1. The van der Waals surface area contributed by atoms with Crippen LogP contribution in [0.1, 0.15) is 6.42 Å². The maximum Gasteiger partial charge on any atom is 0.0976 e. The van der Waals surface area contributed by atoms with Crippen LogP contribution in [0.4, 0.5) is 0 Å². The van der Waals surface area contributed by atoms with Crippen LogP contribution in [0.2, 0.25) is 0 Å². The van der Waals surface area contributed by atoms with Gasteiger partial charge in [0.05, 0.1) is 31.5 Å². The SMILES string of the molecule is OCCN1CCC(O)[C@H](O)C1CO. The molecule has 0 aliphatic carbocycles. The summed E-state index contributed by atoms with van der Waals surface area (Å²) < 4.78 is 0. The van der Waals surface area contributed by atoms with Crippen molar-refractivity contribution in [2.24, 2.45) is 0 Å². The minimum absolute atomic E-state index is 0.000679. The van der Waals surface area contributed by atoms with Gasteiger partial charge in [0.1, 0.15) is 0 Å². The lowest BCUT2D eigenvalue weighted by molar-refractivity contribution is -0.0918. The number of hydrogen-bond donors (Lipinski definition) is 4. The first-order valence-electron chi connectivity index (χ1n) is 4.52. The molecule has 1 heterocycles. The fourth-order valence-electron chi connectivity index (χ4n) is 1.74. The molecule has 1 fully saturated rings. The monoisotopic (exact) mass is 191 g/mol. The lowest BCUT2D eigenvalue weighted by atomic mass is 9.96. The van der Waals surface area contributed by atoms with Crippen molar-refractivity contribution >= 4 is 0 Å². The fourth-order valence-corrected chi connectivity index (χ4v) is 1.74. The van der Waals surface area contributed by atoms with Crippen LogP contribution in [-0.4, -0.2) is 69.9 Å². The third-order valence-corrected chi connectivity index (χ3v) is 2.54. The van der Waals surface area contributed by atoms with Crippen molar-refractivity contribution in [1.82, 2.24) is 4.90 Å². The Kier molecular flexibility index (Phi) is 4.08. The molecule has 1 aliphatic heterocycles. The quantitative estimate of drug-likeness (QED) is 0.405. The number of aliphatic hydroxyl groups excluding tert-OH is 4. The highest BCUT2D eigenvalue weighted by atomic mass is 16.3. The Balaban J connectivity index is 2.55. The number of piperidine rings is 1. The highest BCUT2D eigenvalue weighted by Crippen LogP contribution is 2.17. The molecule has 5 heteroatoms. The Morgan fingerprint density at radius 3 is 2.46 bits per heavy atom. The van der Waals surface area contributed by atoms with Gasteiger partial charge in [0.15, 0.2) is 0 Å². The molecule has 1 aliphatic rings. The summed E-state index contributed by atoms with van der Waals surface area (Å²) in [7, 11) is 0. The molecule has 5 nitrogen and oxygen atoms in total. The summed E-state index contributed by atoms with van der Waals surface area (Å²) in [4.78, 5) is 1.79. The van der Waals surface area contributed by atoms with Crippen LogP contribution in [0, 0.1) is 0 Å². The molecule has 3 atom stereocenters. The van der Waals surface area contributed by atoms with Gasteiger partial charge in [-0.25, -0.2) is 0 Å². The average molecular weight is 191 g/mol. The van der Waals surface area contributed by atoms with E-state index in [2.05, 4.69) is 0 Å². The molecule has 0 saturated carbocycles. The van der Waals surface area contributed by atoms with E-state index in [1.807, 2.05) is 0 Å². The van der Waals surface area contributed by atoms with Gasteiger partial charge in [-0.3, -0.25) is 4.90 Å². The van der Waals surface area contributed by atoms with E-state index in [0.29, 0.717) is 19.5 Å². The van der Waals surface area contributed by atoms with Gasteiger partial charge in [0.2, 0.25) is 0 Å². The Morgan fingerprint density at radius 2 is 1.92 bits per heavy atom. The summed E-state index contributed by atoms with van der Waals surface area (Å²) in [5, 5.41) is 36.5. The lowest BCUT2D eigenvalue weighted by Gasteiger charge is -2.40. The Labute approximate surface area is 77.2 Å². The van der Waals surface area contributed by atoms with Gasteiger partial charge in [-0.1, -0.05) is 0 Å². The van der Waals surface area contributed by atoms with Crippen molar-refractivity contribution in [2.75, 3.05) is 26.3 Å². The number of rotatable bonds is 3. The first-order valence-corrected chi connectivity index (χ1v) is 4.52. The molecule has 0 aromatic carbocycles. The number of nitrogens with zero attached hydrogens (tertiary/aromatic N) is 1. The molecule has 0 bridgehead atoms. The summed E-state index contributed by atoms with van der Waals surface area (Å²) in [6.45, 7) is 0.830. The van der Waals surface area contributed by atoms with E-state index in [1.54, 1.807) is 4.90 Å². The maximum absolute atomic E-state index is 9.50. The van der Waals surface area contributed by atoms with Gasteiger partial charge >= 0.3 is 0 Å². The van der Waals surface area contributed by atoms with Crippen LogP contribution in [-0.2, 0) is 0 Å². The van der Waals surface area contributed by atoms with Crippen LogP contribution < -0.4 is 0 Å². The van der Waals surface area contributed by atoms with Crippen molar-refractivity contribution < 1.29 is 20.4 Å². The van der Waals surface area contributed by atoms with Crippen LogP contribution >= 0.6 is 0 Å². The molecular formula is C8H17NO4. The predicted octanol–water partition coefficient (Wildman–Crippen LogP) is -2.23. The van der Waals surface area contributed by atoms with E-state index in [9.17, 15) is 10.2 Å². The van der Waals surface area contributed by atoms with Crippen molar-refractivity contribution in [1.29, 1.82) is 0 Å². The zero-order chi connectivity index (χ0) is 9.84. The van der Waals surface area contributed by atoms with Gasteiger partial charge in [-0.05, 0) is 6.42 Å². The minimum Gasteiger partial charge on any atom is -0.395 e. The Bertz CT molecular complexity index is 155. The average Bonchev–Trinajstić information content (AvgIpc) is 2.12. The fraction of sp³-hybridized carbons (Fsp3) is 1.00. The predicted molar refractivity (Wildman–Crippen MR) is 46.2 cm³/mol. The summed E-state index contributed by atoms with van der Waals surface area (Å²) in [6, 6.07) is -0.448. The summed E-state index contributed by atoms with van der Waals surface area (Å²) in [5.41, 5.74) is 0. The van der Waals surface area contributed by atoms with E-state index in [-0.39, 0.29) is 13.2 Å². The van der Waals surface area contributed by atoms with Crippen LogP contribution in [0.5, 0.6) is 0 Å². The topological polar surface area (TPSA) is 84.2 Å². The number of aliphatic hydroxyl groups is 4. The van der Waals surface area contributed by atoms with Gasteiger partial charge in [-0.2, -0.15) is 0 Å². The first kappa shape index (κ1) is 10.9. The summed E-state index contributed by atoms with van der Waals surface area (Å²) in [5.74, 6) is 0. The van der Waals surface area contributed by atoms with E-state index in [0.717, 1.165) is 0 Å². The van der Waals surface area contributed by atoms with Crippen molar-refractivity contribution in [3.05, 3.63) is 0 Å². The molecule has 0 aromatic heterocycles. The van der Waals surface area contributed by atoms with E-state index < -0.39 is 18.2 Å². The molecule has 13 heavy (non-hydrogen) atoms. The zero-order valence-corrected chi connectivity index (χ0v) is 7.50. The first-order chi connectivity index (χ1) is 6.20. The van der Waals surface area contributed by atoms with Crippen molar-refractivity contribution in [3.63, 3.8) is 0 Å². The van der Waals surface area contributed by atoms with Crippen molar-refractivity contribution in [3.8, 4) is 0 Å². The highest BCUT2D eigenvalue weighted by Gasteiger charge is 2.34. The third-order valence-electron chi connectivity index (χ3n) is 2.54. The molecule has 0 amide bonds. The molecule has 2 unspecified atom stereocenters. The van der Waals surface area contributed by atoms with Gasteiger partial charge in [-0.15, -0.1) is 0 Å². The smallest absolute Gasteiger partial charge is 0.0976 e. The van der Waals surface area contributed by atoms with Gasteiger partial charge in [0.25, 0.3) is 0 Å². The van der Waals surface area contributed by atoms with Gasteiger partial charge in [0, 0.05) is 13.1 Å². The number of β-amino-alcohol motifs (C(OH)–C–C–N with tert-alkyl or cyclic N) is 1. The molecule has 4 N–H and O–H groups in total. The Morgan fingerprint density at radius 1 is 1.23 bits per heavy atom. The zero-order valence-electron chi connectivity index (χ0n) is 7.50. The molecule has 78 valence electrons. The Hall–Kier alpha value is -0.200. The standard InChI is InChI=1S/C8H17NO4/c10-4-3-9-2-1-7(12)8(13)6(9)5-11/h6-8,10-13H,1-5H2/t6?,7?,8-/m1/s1. The second-order valence-electron chi connectivity index (χ2n) is 3.36. The third kappa shape index (κ3) is 2.38. The highest BCUT2D eigenvalue weighted by molar-refractivity contribution is 4.88. The molecule has 1 rings (SSSR count). The summed E-state index contributed by atoms with van der Waals surface area (Å²) in [6.07, 6.45) is -1.19. The molecule has 0 aromatic rings. The van der Waals surface area contributed by atoms with Gasteiger partial charge < -0.3 is 20.4 Å². The van der Waals surface area contributed by atoms with E-state index in [1.165, 1.54) is 0 Å². The van der Waals surface area contributed by atoms with E-state index in [4.69, 9.17) is 10.2 Å². The maximum atomic E-state index is 9.50. The lowest BCUT2D eigenvalue weighted by Crippen LogP contribution is -2.56. The minimum atomic E-state index is -0.912. The van der Waals surface area contributed by atoms with Crippen molar-refractivity contribution in [2.45, 2.75) is 24.7 Å². The van der Waals surface area contributed by atoms with E-state index >= 15 is 0 Å². The summed E-state index contributed by atoms with van der Waals surface area (Å²) >= 11 is 0. The number of hydrogen-bond acceptors (Lipinski definition) is 5. The normalized spacial score (nSPS) is 36.5.